The smallest absolute Gasteiger partial charge is 0.478 e. The second kappa shape index (κ2) is 45.9. The van der Waals surface area contributed by atoms with Crippen LogP contribution < -0.4 is 24.2 Å². The molecule has 17 rings (SSSR count). The molecule has 0 saturated carbocycles. The largest absolute Gasteiger partial charge is 1.00 e. The molecule has 0 aromatic heterocycles. The van der Waals surface area contributed by atoms with Crippen molar-refractivity contribution in [1.29, 1.82) is 5.53 Å². The Morgan fingerprint density at radius 1 is 0.402 bits per heavy atom. The van der Waals surface area contributed by atoms with E-state index in [0.29, 0.717) is 41.1 Å². The Morgan fingerprint density at radius 3 is 0.975 bits per heavy atom. The quantitative estimate of drug-likeness (QED) is 0.0252. The summed E-state index contributed by atoms with van der Waals surface area (Å²) in [6.45, 7) is 6.08. The van der Waals surface area contributed by atoms with Crippen LogP contribution in [0.4, 0.5) is 0 Å². The van der Waals surface area contributed by atoms with Gasteiger partial charge in [-0.15, -0.1) is 58.9 Å². The third-order valence-electron chi connectivity index (χ3n) is 21.8. The van der Waals surface area contributed by atoms with Gasteiger partial charge in [-0.3, -0.25) is 14.7 Å². The first-order valence-corrected chi connectivity index (χ1v) is 41.4. The van der Waals surface area contributed by atoms with Gasteiger partial charge in [0.25, 0.3) is 0 Å². The van der Waals surface area contributed by atoms with Crippen LogP contribution in [0.2, 0.25) is 40.2 Å². The summed E-state index contributed by atoms with van der Waals surface area (Å²) in [6.07, 6.45) is 3.36. The number of carbonyl (C=O) groups excluding carboxylic acids is 2. The maximum absolute atomic E-state index is 11.7. The van der Waals surface area contributed by atoms with Gasteiger partial charge in [-0.05, 0) is 151 Å². The minimum Gasteiger partial charge on any atom is -0.478 e. The molecule has 122 heavy (non-hydrogen) atoms. The van der Waals surface area contributed by atoms with Gasteiger partial charge in [-0.25, -0.2) is 9.59 Å². The van der Waals surface area contributed by atoms with Crippen LogP contribution in [0.5, 0.6) is 0 Å². The van der Waals surface area contributed by atoms with E-state index in [1.54, 1.807) is 12.1 Å². The van der Waals surface area contributed by atoms with E-state index < -0.39 is 28.6 Å². The minimum absolute atomic E-state index is 0. The number of benzene rings is 13. The van der Waals surface area contributed by atoms with E-state index in [1.165, 1.54) is 50.1 Å². The third-order valence-corrected chi connectivity index (χ3v) is 24.3. The molecule has 25 heteroatoms. The molecule has 0 radical (unpaired) electrons. The molecule has 0 spiro atoms. The summed E-state index contributed by atoms with van der Waals surface area (Å²) in [6, 6.07) is 109. The fraction of sp³-hybridized carbons (Fsp3) is 0.165. The van der Waals surface area contributed by atoms with Crippen LogP contribution in [0.15, 0.2) is 318 Å². The summed E-state index contributed by atoms with van der Waals surface area (Å²) in [5.74, 6) is -2.18. The van der Waals surface area contributed by atoms with Gasteiger partial charge in [0, 0.05) is 49.3 Å². The molecule has 0 atom stereocenters. The van der Waals surface area contributed by atoms with Gasteiger partial charge >= 0.3 is 37.0 Å². The van der Waals surface area contributed by atoms with Gasteiger partial charge < -0.3 is 15.5 Å². The number of aromatic carboxylic acids is 2. The first-order valence-electron chi connectivity index (χ1n) is 38.0. The van der Waals surface area contributed by atoms with Crippen molar-refractivity contribution in [3.05, 3.63) is 455 Å². The molecule has 0 aliphatic carbocycles. The Bertz CT molecular complexity index is 5230. The van der Waals surface area contributed by atoms with Crippen LogP contribution in [-0.4, -0.2) is 69.2 Å². The Hall–Kier alpha value is -9.28. The van der Waals surface area contributed by atoms with Crippen molar-refractivity contribution in [2.45, 2.75) is 75.9 Å². The first-order chi connectivity index (χ1) is 57.9. The molecule has 13 aromatic carbocycles. The van der Waals surface area contributed by atoms with E-state index >= 15 is 0 Å². The van der Waals surface area contributed by atoms with E-state index in [0.717, 1.165) is 102 Å². The SMILES string of the molecule is C.Cl.Clc1[c-]c(Cl)c2c(c1)CN(C(c1ccccc1)(c1ccccc1)c1ccccc1)CC2.Clc1cc(Cl)c2c(c1)CN(C(c1ccccc1)(c1ccccc1)c1ccccc1)CC2.N=NN=NCl.O=C(O)c1c(Cl)cc2c(c1Cl)CCN(C(c1ccccc1)(c1ccccc1)c1ccccc1)C2.O=C(O)c1c(Cl)cc2c(c1Cl)CCNC2.O=C=O.[Li+]. The van der Waals surface area contributed by atoms with E-state index in [9.17, 15) is 14.7 Å². The van der Waals surface area contributed by atoms with Crippen molar-refractivity contribution in [2.75, 3.05) is 26.2 Å². The molecule has 0 fully saturated rings. The second-order valence-corrected chi connectivity index (χ2v) is 31.5. The van der Waals surface area contributed by atoms with Gasteiger partial charge in [0.1, 0.15) is 0 Å². The molecule has 0 saturated heterocycles. The Morgan fingerprint density at radius 2 is 0.680 bits per heavy atom. The Balaban J connectivity index is 0.000000182. The summed E-state index contributed by atoms with van der Waals surface area (Å²) in [4.78, 5) is 46.5. The average Bonchev–Trinajstić information content (AvgIpc) is 0.737. The number of carboxylic acid groups (broad SMARTS) is 2. The molecule has 0 bridgehead atoms. The summed E-state index contributed by atoms with van der Waals surface area (Å²) in [5, 5.41) is 30.4. The molecule has 4 aliphatic rings. The van der Waals surface area contributed by atoms with Gasteiger partial charge in [0.2, 0.25) is 0 Å². The summed E-state index contributed by atoms with van der Waals surface area (Å²) in [5.41, 5.74) is 23.9. The fourth-order valence-electron chi connectivity index (χ4n) is 16.9. The number of nitrogens with one attached hydrogen (secondary N) is 2. The number of hydrogen-bond donors (Lipinski definition) is 4. The van der Waals surface area contributed by atoms with Gasteiger partial charge in [0.15, 0.2) is 0 Å². The Labute approximate surface area is 774 Å². The van der Waals surface area contributed by atoms with Crippen LogP contribution in [-0.2, 0) is 78.1 Å². The predicted octanol–water partition coefficient (Wildman–Crippen LogP) is 22.9. The van der Waals surface area contributed by atoms with E-state index in [-0.39, 0.29) is 76.1 Å². The topological polar surface area (TPSA) is 191 Å². The third kappa shape index (κ3) is 21.2. The van der Waals surface area contributed by atoms with E-state index in [1.807, 2.05) is 30.3 Å². The summed E-state index contributed by atoms with van der Waals surface area (Å²) < 4.78 is 2.60. The molecule has 4 aliphatic heterocycles. The zero-order valence-electron chi connectivity index (χ0n) is 65.4. The summed E-state index contributed by atoms with van der Waals surface area (Å²) in [7, 11) is 0. The number of fused-ring (bicyclic) bond motifs is 4. The number of carboxylic acids is 2. The molecule has 618 valence electrons. The number of hydrogen-bond acceptors (Lipinski definition) is 10. The van der Waals surface area contributed by atoms with Crippen molar-refractivity contribution >= 4 is 135 Å². The van der Waals surface area contributed by atoms with Crippen molar-refractivity contribution < 1.29 is 48.3 Å². The monoisotopic (exact) mass is 1810 g/mol. The van der Waals surface area contributed by atoms with Crippen LogP contribution >= 0.6 is 117 Å². The van der Waals surface area contributed by atoms with Crippen molar-refractivity contribution in [3.63, 3.8) is 0 Å². The summed E-state index contributed by atoms with van der Waals surface area (Å²) >= 11 is 55.2. The standard InChI is InChI=1S/C29H23Cl2NO2.C28H23Cl2N.C28H22Cl2N.C10H9Cl2NO2.CO2.CH4.ClHN4.ClH.Li/c30-25-18-20-19-32(17-16-24(20)27(31)26(25)28(33)34)29(21-10-4-1-5-11-21,22-12-6-2-7-13-22)23-14-8-3-9-15-23;2*29-25-18-21-20-31(17-16-26(21)27(30)19-25)28(22-10-4-1-5-11-22,23-12-6-2-7-13-23)24-14-8-3-9-15-24;11-7-3-5-4-13-2-1-6(5)9(12)8(7)10(14)15;2-1-3;;1-3-5-4-2;;/h1-15,18H,16-17,19H2,(H,33,34);1-15,18-19H,16-17,20H2;1-15,18H,16-17,20H2;3,13H,1-2,4H2,(H,14,15);;1H4;2H;1H;/q;;-1;;;;;;+1. The number of halogens is 10. The number of nitrogens with zero attached hydrogens (tertiary/aromatic N) is 6. The van der Waals surface area contributed by atoms with Gasteiger partial charge in [-0.1, -0.05) is 371 Å². The van der Waals surface area contributed by atoms with Crippen molar-refractivity contribution in [3.8, 4) is 0 Å². The van der Waals surface area contributed by atoms with E-state index in [4.69, 9.17) is 113 Å². The molecule has 4 heterocycles. The minimum atomic E-state index is -1.10. The first kappa shape index (κ1) is 96.5. The molecule has 13 aromatic rings. The molecule has 0 amide bonds. The fourth-order valence-corrected chi connectivity index (χ4v) is 19.7. The van der Waals surface area contributed by atoms with E-state index in [2.05, 4.69) is 314 Å². The molecule has 14 nitrogen and oxygen atoms in total. The molecule has 0 unspecified atom stereocenters. The van der Waals surface area contributed by atoms with Gasteiger partial charge in [-0.2, -0.15) is 15.1 Å². The molecular weight excluding hydrogens is 1730 g/mol. The van der Waals surface area contributed by atoms with Crippen LogP contribution in [0.1, 0.15) is 123 Å². The molecule has 4 N–H and O–H groups in total. The second-order valence-electron chi connectivity index (χ2n) is 28.2. The Kier molecular flexibility index (Phi) is 36.3. The maximum atomic E-state index is 11.7. The zero-order chi connectivity index (χ0) is 84.1. The zero-order valence-corrected chi connectivity index (χ0v) is 73.0. The van der Waals surface area contributed by atoms with Crippen molar-refractivity contribution in [1.82, 2.24) is 20.0 Å². The average molecular weight is 1820 g/mol. The molecular formula is C97H83Cl10LiN8O6. The van der Waals surface area contributed by atoms with Gasteiger partial charge in [0.05, 0.1) is 59.6 Å². The normalized spacial score (nSPS) is 13.4. The predicted molar refractivity (Wildman–Crippen MR) is 489 cm³/mol. The van der Waals surface area contributed by atoms with Crippen LogP contribution in [0.3, 0.4) is 0 Å². The van der Waals surface area contributed by atoms with Crippen molar-refractivity contribution in [2.24, 2.45) is 15.1 Å². The van der Waals surface area contributed by atoms with Crippen LogP contribution in [0.25, 0.3) is 0 Å². The number of rotatable bonds is 15. The number of carbonyl (C=O) groups is 2. The maximum Gasteiger partial charge on any atom is 1.00 e. The van der Waals surface area contributed by atoms with Crippen LogP contribution in [0, 0.1) is 11.6 Å².